The van der Waals surface area contributed by atoms with E-state index in [2.05, 4.69) is 15.3 Å². The normalized spacial score (nSPS) is 13.3. The Hall–Kier alpha value is -4.74. The number of carbonyl (C=O) groups is 2. The summed E-state index contributed by atoms with van der Waals surface area (Å²) in [6.07, 6.45) is 4.84. The predicted octanol–water partition coefficient (Wildman–Crippen LogP) is 4.51. The van der Waals surface area contributed by atoms with Gasteiger partial charge in [0, 0.05) is 61.3 Å². The Morgan fingerprint density at radius 3 is 2.55 bits per heavy atom. The first-order valence-corrected chi connectivity index (χ1v) is 14.2. The van der Waals surface area contributed by atoms with Crippen molar-refractivity contribution in [2.75, 3.05) is 31.6 Å². The average molecular weight is 584 g/mol. The first-order valence-electron chi connectivity index (χ1n) is 13.3. The fourth-order valence-electron chi connectivity index (χ4n) is 4.82. The Labute approximate surface area is 244 Å². The molecule has 1 aliphatic heterocycles. The van der Waals surface area contributed by atoms with Crippen molar-refractivity contribution >= 4 is 39.1 Å². The number of fused-ring (bicyclic) bond motifs is 1. The molecule has 6 rings (SSSR count). The van der Waals surface area contributed by atoms with E-state index in [1.165, 1.54) is 30.1 Å². The second-order valence-electron chi connectivity index (χ2n) is 9.91. The van der Waals surface area contributed by atoms with Crippen molar-refractivity contribution in [3.8, 4) is 10.4 Å². The summed E-state index contributed by atoms with van der Waals surface area (Å²) in [6, 6.07) is 15.9. The highest BCUT2D eigenvalue weighted by atomic mass is 32.1. The smallest absolute Gasteiger partial charge is 0.281 e. The number of aromatic nitrogens is 3. The van der Waals surface area contributed by atoms with Crippen LogP contribution in [-0.4, -0.2) is 57.6 Å². The number of hydrogen-bond donors (Lipinski definition) is 1. The Balaban J connectivity index is 1.19. The van der Waals surface area contributed by atoms with E-state index in [1.54, 1.807) is 34.6 Å². The number of carbonyl (C=O) groups excluding carboxylic acids is 2. The lowest BCUT2D eigenvalue weighted by Gasteiger charge is -2.26. The van der Waals surface area contributed by atoms with E-state index >= 15 is 4.39 Å². The lowest BCUT2D eigenvalue weighted by molar-refractivity contribution is 0.0303. The summed E-state index contributed by atoms with van der Waals surface area (Å²) in [7, 11) is 1.52. The van der Waals surface area contributed by atoms with Crippen molar-refractivity contribution in [3.63, 3.8) is 0 Å². The fourth-order valence-corrected chi connectivity index (χ4v) is 5.95. The highest BCUT2D eigenvalue weighted by molar-refractivity contribution is 7.22. The predicted molar refractivity (Wildman–Crippen MR) is 158 cm³/mol. The maximum absolute atomic E-state index is 15.2. The minimum atomic E-state index is -0.705. The Morgan fingerprint density at radius 1 is 1.00 bits per heavy atom. The summed E-state index contributed by atoms with van der Waals surface area (Å²) < 4.78 is 22.7. The Morgan fingerprint density at radius 2 is 1.79 bits per heavy atom. The van der Waals surface area contributed by atoms with E-state index in [9.17, 15) is 14.4 Å². The molecule has 0 atom stereocenters. The van der Waals surface area contributed by atoms with Gasteiger partial charge in [-0.15, -0.1) is 11.3 Å². The number of benzene rings is 2. The molecule has 5 aromatic rings. The summed E-state index contributed by atoms with van der Waals surface area (Å²) in [6.45, 7) is 2.30. The second-order valence-corrected chi connectivity index (χ2v) is 11.0. The van der Waals surface area contributed by atoms with E-state index in [0.717, 1.165) is 26.2 Å². The largest absolute Gasteiger partial charge is 0.378 e. The number of hydrogen-bond acceptors (Lipinski definition) is 7. The zero-order valence-corrected chi connectivity index (χ0v) is 23.5. The van der Waals surface area contributed by atoms with Crippen LogP contribution in [0.3, 0.4) is 0 Å². The number of rotatable bonds is 6. The molecule has 1 aliphatic rings. The number of nitrogens with zero attached hydrogens (tertiary/aromatic N) is 4. The molecule has 4 heterocycles. The van der Waals surface area contributed by atoms with Crippen molar-refractivity contribution in [1.29, 1.82) is 0 Å². The van der Waals surface area contributed by atoms with Crippen LogP contribution in [0.15, 0.2) is 78.0 Å². The van der Waals surface area contributed by atoms with Gasteiger partial charge in [0.15, 0.2) is 5.69 Å². The van der Waals surface area contributed by atoms with Crippen LogP contribution in [0.4, 0.5) is 10.1 Å². The second kappa shape index (κ2) is 11.6. The molecule has 1 fully saturated rings. The first kappa shape index (κ1) is 27.4. The lowest BCUT2D eigenvalue weighted by Crippen LogP contribution is -2.40. The summed E-state index contributed by atoms with van der Waals surface area (Å²) in [4.78, 5) is 48.6. The number of nitrogens with one attached hydrogen (secondary N) is 1. The number of ether oxygens (including phenoxy) is 1. The minimum absolute atomic E-state index is 0.00116. The van der Waals surface area contributed by atoms with Crippen LogP contribution in [0.5, 0.6) is 0 Å². The zero-order valence-electron chi connectivity index (χ0n) is 22.7. The van der Waals surface area contributed by atoms with Gasteiger partial charge in [0.2, 0.25) is 0 Å². The van der Waals surface area contributed by atoms with Gasteiger partial charge in [-0.05, 0) is 53.1 Å². The van der Waals surface area contributed by atoms with Gasteiger partial charge in [0.05, 0.1) is 23.4 Å². The van der Waals surface area contributed by atoms with Gasteiger partial charge in [-0.2, -0.15) is 0 Å². The van der Waals surface area contributed by atoms with E-state index in [1.807, 2.05) is 36.4 Å². The van der Waals surface area contributed by atoms with Crippen LogP contribution in [0.2, 0.25) is 0 Å². The number of pyridine rings is 1. The van der Waals surface area contributed by atoms with E-state index < -0.39 is 17.3 Å². The first-order chi connectivity index (χ1) is 20.4. The van der Waals surface area contributed by atoms with Crippen molar-refractivity contribution in [2.24, 2.45) is 7.05 Å². The van der Waals surface area contributed by atoms with Gasteiger partial charge in [-0.1, -0.05) is 18.2 Å². The van der Waals surface area contributed by atoms with Gasteiger partial charge in [-0.25, -0.2) is 9.37 Å². The van der Waals surface area contributed by atoms with Gasteiger partial charge in [0.25, 0.3) is 17.4 Å². The van der Waals surface area contributed by atoms with Crippen molar-refractivity contribution in [3.05, 3.63) is 112 Å². The SMILES string of the molecule is Cn1ccnc(C(=O)Nc2ccc(Cc3ccnc4cc(-c5ccc(C(=O)N6CCOCC6)cc5)sc34)c(F)c2)c1=O. The number of anilines is 1. The maximum Gasteiger partial charge on any atom is 0.281 e. The standard InChI is InChI=1S/C31H26FN5O4S/c1-36-11-10-34-27(31(36)40)29(38)35-23-7-6-21(24(32)17-23)16-22-8-9-33-25-18-26(42-28(22)25)19-2-4-20(5-3-19)30(39)37-12-14-41-15-13-37/h2-11,17-18H,12-16H2,1H3,(H,35,38). The molecule has 9 nitrogen and oxygen atoms in total. The van der Waals surface area contributed by atoms with E-state index in [0.29, 0.717) is 43.9 Å². The number of thiophene rings is 1. The summed E-state index contributed by atoms with van der Waals surface area (Å²) in [5, 5.41) is 2.55. The molecule has 0 radical (unpaired) electrons. The highest BCUT2D eigenvalue weighted by Gasteiger charge is 2.19. The molecule has 0 bridgehead atoms. The molecular weight excluding hydrogens is 557 g/mol. The zero-order chi connectivity index (χ0) is 29.2. The molecule has 0 saturated carbocycles. The minimum Gasteiger partial charge on any atom is -0.378 e. The van der Waals surface area contributed by atoms with E-state index in [-0.39, 0.29) is 17.3 Å². The third-order valence-electron chi connectivity index (χ3n) is 7.13. The third-order valence-corrected chi connectivity index (χ3v) is 8.38. The Bertz CT molecular complexity index is 1860. The summed E-state index contributed by atoms with van der Waals surface area (Å²) in [5.41, 5.74) is 3.20. The topological polar surface area (TPSA) is 106 Å². The molecule has 3 aromatic heterocycles. The maximum atomic E-state index is 15.2. The monoisotopic (exact) mass is 583 g/mol. The lowest BCUT2D eigenvalue weighted by atomic mass is 10.0. The number of morpholine rings is 1. The van der Waals surface area contributed by atoms with Gasteiger partial charge >= 0.3 is 0 Å². The molecule has 2 aromatic carbocycles. The fraction of sp³-hybridized carbons (Fsp3) is 0.194. The van der Waals surface area contributed by atoms with Crippen LogP contribution >= 0.6 is 11.3 Å². The van der Waals surface area contributed by atoms with Crippen LogP contribution < -0.4 is 10.9 Å². The van der Waals surface area contributed by atoms with E-state index in [4.69, 9.17) is 4.74 Å². The van der Waals surface area contributed by atoms with Crippen molar-refractivity contribution < 1.29 is 18.7 Å². The highest BCUT2D eigenvalue weighted by Crippen LogP contribution is 2.35. The molecule has 1 N–H and O–H groups in total. The molecule has 2 amide bonds. The quantitative estimate of drug-likeness (QED) is 0.315. The van der Waals surface area contributed by atoms with Crippen molar-refractivity contribution in [2.45, 2.75) is 6.42 Å². The molecule has 0 aliphatic carbocycles. The molecule has 0 unspecified atom stereocenters. The molecular formula is C31H26FN5O4S. The third kappa shape index (κ3) is 5.56. The summed E-state index contributed by atoms with van der Waals surface area (Å²) >= 11 is 1.56. The van der Waals surface area contributed by atoms with Gasteiger partial charge in [0.1, 0.15) is 5.82 Å². The molecule has 11 heteroatoms. The molecule has 1 saturated heterocycles. The number of halogens is 1. The molecule has 0 spiro atoms. The van der Waals surface area contributed by atoms with Crippen molar-refractivity contribution in [1.82, 2.24) is 19.4 Å². The van der Waals surface area contributed by atoms with Gasteiger partial charge < -0.3 is 19.5 Å². The van der Waals surface area contributed by atoms with Gasteiger partial charge in [-0.3, -0.25) is 19.4 Å². The summed E-state index contributed by atoms with van der Waals surface area (Å²) in [5.74, 6) is -1.19. The number of aryl methyl sites for hydroxylation is 1. The average Bonchev–Trinajstić information content (AvgIpc) is 3.45. The molecule has 42 heavy (non-hydrogen) atoms. The van der Waals surface area contributed by atoms with Crippen LogP contribution in [-0.2, 0) is 18.2 Å². The molecule has 212 valence electrons. The Kier molecular flexibility index (Phi) is 7.60. The van der Waals surface area contributed by atoms with Crippen LogP contribution in [0.25, 0.3) is 20.7 Å². The number of amides is 2. The van der Waals surface area contributed by atoms with Crippen LogP contribution in [0.1, 0.15) is 32.0 Å². The van der Waals surface area contributed by atoms with Crippen LogP contribution in [0, 0.1) is 5.82 Å².